The molecule has 8 nitrogen and oxygen atoms in total. The van der Waals surface area contributed by atoms with Crippen LogP contribution in [-0.2, 0) is 14.3 Å². The van der Waals surface area contributed by atoms with Gasteiger partial charge in [0.1, 0.15) is 11.5 Å². The molecule has 2 aromatic rings. The highest BCUT2D eigenvalue weighted by atomic mass is 16.5. The van der Waals surface area contributed by atoms with E-state index in [4.69, 9.17) is 14.2 Å². The Bertz CT molecular complexity index is 851. The van der Waals surface area contributed by atoms with Crippen molar-refractivity contribution in [3.8, 4) is 11.5 Å². The third-order valence-electron chi connectivity index (χ3n) is 3.83. The van der Waals surface area contributed by atoms with Gasteiger partial charge in [-0.25, -0.2) is 4.79 Å². The van der Waals surface area contributed by atoms with E-state index >= 15 is 0 Å². The van der Waals surface area contributed by atoms with Crippen LogP contribution in [0.4, 0.5) is 0 Å². The summed E-state index contributed by atoms with van der Waals surface area (Å²) in [5, 5.41) is 0. The van der Waals surface area contributed by atoms with Crippen molar-refractivity contribution < 1.29 is 28.6 Å². The van der Waals surface area contributed by atoms with Gasteiger partial charge in [0.15, 0.2) is 12.7 Å². The smallest absolute Gasteiger partial charge is 0.338 e. The van der Waals surface area contributed by atoms with Crippen molar-refractivity contribution in [1.82, 2.24) is 10.9 Å². The Balaban J connectivity index is 1.74. The molecule has 0 spiro atoms. The third-order valence-corrected chi connectivity index (χ3v) is 3.83. The number of para-hydroxylation sites is 1. The monoisotopic (exact) mass is 400 g/mol. The van der Waals surface area contributed by atoms with Gasteiger partial charge in [0, 0.05) is 0 Å². The van der Waals surface area contributed by atoms with Crippen molar-refractivity contribution in [3.63, 3.8) is 0 Å². The maximum atomic E-state index is 12.1. The molecule has 0 heterocycles. The first kappa shape index (κ1) is 21.7. The minimum Gasteiger partial charge on any atom is -0.484 e. The highest BCUT2D eigenvalue weighted by Gasteiger charge is 2.16. The van der Waals surface area contributed by atoms with Crippen LogP contribution in [0, 0.1) is 6.92 Å². The summed E-state index contributed by atoms with van der Waals surface area (Å²) in [6, 6.07) is 13.5. The minimum atomic E-state index is -0.798. The second kappa shape index (κ2) is 10.7. The molecule has 2 amide bonds. The van der Waals surface area contributed by atoms with E-state index in [-0.39, 0.29) is 13.2 Å². The second-order valence-corrected chi connectivity index (χ2v) is 6.10. The number of hydrogen-bond donors (Lipinski definition) is 2. The molecular weight excluding hydrogens is 376 g/mol. The minimum absolute atomic E-state index is 0.289. The van der Waals surface area contributed by atoms with Crippen LogP contribution >= 0.6 is 0 Å². The first-order valence-electron chi connectivity index (χ1n) is 9.11. The van der Waals surface area contributed by atoms with Crippen LogP contribution in [-0.4, -0.2) is 37.1 Å². The van der Waals surface area contributed by atoms with E-state index < -0.39 is 23.9 Å². The number of nitrogens with one attached hydrogen (secondary N) is 2. The fraction of sp³-hybridized carbons (Fsp3) is 0.286. The number of amides is 2. The molecule has 29 heavy (non-hydrogen) atoms. The average molecular weight is 400 g/mol. The molecule has 1 unspecified atom stereocenters. The molecule has 0 bridgehead atoms. The summed E-state index contributed by atoms with van der Waals surface area (Å²) in [6.45, 7) is 5.15. The fourth-order valence-corrected chi connectivity index (χ4v) is 2.25. The lowest BCUT2D eigenvalue weighted by atomic mass is 10.2. The van der Waals surface area contributed by atoms with Gasteiger partial charge in [0.2, 0.25) is 0 Å². The summed E-state index contributed by atoms with van der Waals surface area (Å²) in [6.07, 6.45) is -0.798. The zero-order valence-electron chi connectivity index (χ0n) is 16.6. The van der Waals surface area contributed by atoms with Crippen molar-refractivity contribution in [2.75, 3.05) is 13.2 Å². The normalized spacial score (nSPS) is 11.1. The SMILES string of the molecule is CCOC(=O)c1ccc(OCC(=O)NNC(=O)C(C)Oc2ccccc2C)cc1. The fourth-order valence-electron chi connectivity index (χ4n) is 2.25. The number of aryl methyl sites for hydroxylation is 1. The molecule has 8 heteroatoms. The van der Waals surface area contributed by atoms with E-state index in [1.165, 1.54) is 12.1 Å². The number of carbonyl (C=O) groups is 3. The van der Waals surface area contributed by atoms with E-state index in [0.717, 1.165) is 5.56 Å². The predicted octanol–water partition coefficient (Wildman–Crippen LogP) is 2.17. The molecule has 0 radical (unpaired) electrons. The van der Waals surface area contributed by atoms with Crippen molar-refractivity contribution in [2.24, 2.45) is 0 Å². The Kier molecular flexibility index (Phi) is 8.02. The lowest BCUT2D eigenvalue weighted by molar-refractivity contribution is -0.133. The van der Waals surface area contributed by atoms with Crippen LogP contribution in [0.3, 0.4) is 0 Å². The Morgan fingerprint density at radius 1 is 1.00 bits per heavy atom. The van der Waals surface area contributed by atoms with Gasteiger partial charge in [-0.2, -0.15) is 0 Å². The maximum absolute atomic E-state index is 12.1. The average Bonchev–Trinajstić information content (AvgIpc) is 2.72. The van der Waals surface area contributed by atoms with Crippen molar-refractivity contribution in [1.29, 1.82) is 0 Å². The van der Waals surface area contributed by atoms with Gasteiger partial charge in [0.25, 0.3) is 11.8 Å². The number of hydrogen-bond acceptors (Lipinski definition) is 6. The summed E-state index contributed by atoms with van der Waals surface area (Å²) in [4.78, 5) is 35.5. The molecular formula is C21H24N2O6. The summed E-state index contributed by atoms with van der Waals surface area (Å²) >= 11 is 0. The van der Waals surface area contributed by atoms with Crippen molar-refractivity contribution in [2.45, 2.75) is 26.9 Å². The lowest BCUT2D eigenvalue weighted by Crippen LogP contribution is -2.48. The third kappa shape index (κ3) is 6.84. The molecule has 0 aliphatic rings. The van der Waals surface area contributed by atoms with Crippen LogP contribution in [0.15, 0.2) is 48.5 Å². The van der Waals surface area contributed by atoms with Crippen molar-refractivity contribution in [3.05, 3.63) is 59.7 Å². The first-order chi connectivity index (χ1) is 13.9. The highest BCUT2D eigenvalue weighted by Crippen LogP contribution is 2.17. The Labute approximate surface area is 169 Å². The Morgan fingerprint density at radius 3 is 2.34 bits per heavy atom. The zero-order valence-corrected chi connectivity index (χ0v) is 16.6. The summed E-state index contributed by atoms with van der Waals surface area (Å²) in [5.41, 5.74) is 5.84. The summed E-state index contributed by atoms with van der Waals surface area (Å²) in [7, 11) is 0. The lowest BCUT2D eigenvalue weighted by Gasteiger charge is -2.16. The van der Waals surface area contributed by atoms with Gasteiger partial charge >= 0.3 is 5.97 Å². The summed E-state index contributed by atoms with van der Waals surface area (Å²) < 4.78 is 15.8. The standard InChI is InChI=1S/C21H24N2O6/c1-4-27-21(26)16-9-11-17(12-10-16)28-13-19(24)22-23-20(25)15(3)29-18-8-6-5-7-14(18)2/h5-12,15H,4,13H2,1-3H3,(H,22,24)(H,23,25). The molecule has 2 aromatic carbocycles. The van der Waals surface area contributed by atoms with E-state index in [1.54, 1.807) is 32.0 Å². The van der Waals surface area contributed by atoms with Gasteiger partial charge in [-0.1, -0.05) is 18.2 Å². The zero-order chi connectivity index (χ0) is 21.2. The highest BCUT2D eigenvalue weighted by molar-refractivity contribution is 5.89. The van der Waals surface area contributed by atoms with Gasteiger partial charge in [0.05, 0.1) is 12.2 Å². The van der Waals surface area contributed by atoms with Gasteiger partial charge in [-0.15, -0.1) is 0 Å². The van der Waals surface area contributed by atoms with Gasteiger partial charge in [-0.05, 0) is 56.7 Å². The number of esters is 1. The molecule has 0 saturated carbocycles. The van der Waals surface area contributed by atoms with Gasteiger partial charge < -0.3 is 14.2 Å². The largest absolute Gasteiger partial charge is 0.484 e. The molecule has 2 N–H and O–H groups in total. The topological polar surface area (TPSA) is 103 Å². The number of hydrazine groups is 1. The van der Waals surface area contributed by atoms with Gasteiger partial charge in [-0.3, -0.25) is 20.4 Å². The van der Waals surface area contributed by atoms with E-state index in [2.05, 4.69) is 10.9 Å². The summed E-state index contributed by atoms with van der Waals surface area (Å²) in [5.74, 6) is -0.482. The second-order valence-electron chi connectivity index (χ2n) is 6.10. The van der Waals surface area contributed by atoms with Crippen LogP contribution < -0.4 is 20.3 Å². The Morgan fingerprint density at radius 2 is 1.69 bits per heavy atom. The molecule has 0 aliphatic carbocycles. The van der Waals surface area contributed by atoms with Crippen LogP contribution in [0.5, 0.6) is 11.5 Å². The molecule has 0 fully saturated rings. The quantitative estimate of drug-likeness (QED) is 0.520. The van der Waals surface area contributed by atoms with Crippen LogP contribution in [0.2, 0.25) is 0 Å². The van der Waals surface area contributed by atoms with Crippen LogP contribution in [0.1, 0.15) is 29.8 Å². The number of ether oxygens (including phenoxy) is 3. The first-order valence-corrected chi connectivity index (χ1v) is 9.11. The predicted molar refractivity (Wildman–Crippen MR) is 105 cm³/mol. The number of rotatable bonds is 8. The maximum Gasteiger partial charge on any atom is 0.338 e. The Hall–Kier alpha value is -3.55. The number of carbonyl (C=O) groups excluding carboxylic acids is 3. The van der Waals surface area contributed by atoms with E-state index in [1.807, 2.05) is 25.1 Å². The molecule has 154 valence electrons. The molecule has 0 saturated heterocycles. The molecule has 0 aliphatic heterocycles. The number of benzene rings is 2. The van der Waals surface area contributed by atoms with E-state index in [9.17, 15) is 14.4 Å². The van der Waals surface area contributed by atoms with E-state index in [0.29, 0.717) is 17.1 Å². The van der Waals surface area contributed by atoms with Crippen LogP contribution in [0.25, 0.3) is 0 Å². The molecule has 2 rings (SSSR count). The molecule has 0 aromatic heterocycles. The molecule has 1 atom stereocenters. The van der Waals surface area contributed by atoms with Crippen molar-refractivity contribution >= 4 is 17.8 Å².